The van der Waals surface area contributed by atoms with Crippen molar-refractivity contribution < 1.29 is 9.90 Å². The van der Waals surface area contributed by atoms with Crippen LogP contribution in [0.1, 0.15) is 46.5 Å². The van der Waals surface area contributed by atoms with E-state index in [1.807, 2.05) is 0 Å². The molecule has 1 aliphatic heterocycles. The average Bonchev–Trinajstić information content (AvgIpc) is 2.14. The third-order valence-corrected chi connectivity index (χ3v) is 3.06. The van der Waals surface area contributed by atoms with Crippen LogP contribution in [0, 0.1) is 5.41 Å². The number of likely N-dealkylation sites (tertiary alicyclic amines) is 1. The summed E-state index contributed by atoms with van der Waals surface area (Å²) in [5, 5.41) is 9.52. The van der Waals surface area contributed by atoms with Crippen LogP contribution in [0.25, 0.3) is 0 Å². The van der Waals surface area contributed by atoms with E-state index in [2.05, 4.69) is 20.8 Å². The number of piperidine rings is 1. The van der Waals surface area contributed by atoms with E-state index in [1.165, 1.54) is 0 Å². The molecule has 17 heavy (non-hydrogen) atoms. The minimum atomic E-state index is -0.355. The molecule has 100 valence electrons. The van der Waals surface area contributed by atoms with Gasteiger partial charge in [-0.15, -0.1) is 0 Å². The molecular formula is C13H26N2O2. The first kappa shape index (κ1) is 14.5. The Morgan fingerprint density at radius 1 is 1.53 bits per heavy atom. The minimum Gasteiger partial charge on any atom is -0.391 e. The molecule has 0 bridgehead atoms. The van der Waals surface area contributed by atoms with Gasteiger partial charge in [0.2, 0.25) is 5.91 Å². The van der Waals surface area contributed by atoms with E-state index in [0.29, 0.717) is 13.0 Å². The zero-order valence-electron chi connectivity index (χ0n) is 11.3. The van der Waals surface area contributed by atoms with Crippen LogP contribution in [0.2, 0.25) is 0 Å². The number of aliphatic hydroxyl groups excluding tert-OH is 1. The van der Waals surface area contributed by atoms with Crippen molar-refractivity contribution in [3.05, 3.63) is 0 Å². The van der Waals surface area contributed by atoms with Gasteiger partial charge >= 0.3 is 0 Å². The lowest BCUT2D eigenvalue weighted by atomic mass is 9.87. The van der Waals surface area contributed by atoms with E-state index in [1.54, 1.807) is 4.90 Å². The molecule has 0 aliphatic carbocycles. The summed E-state index contributed by atoms with van der Waals surface area (Å²) in [4.78, 5) is 13.7. The molecule has 1 heterocycles. The highest BCUT2D eigenvalue weighted by Crippen LogP contribution is 2.21. The van der Waals surface area contributed by atoms with Crippen LogP contribution >= 0.6 is 0 Å². The lowest BCUT2D eigenvalue weighted by Crippen LogP contribution is -2.44. The van der Waals surface area contributed by atoms with Crippen molar-refractivity contribution in [1.82, 2.24) is 4.90 Å². The Balaban J connectivity index is 2.38. The Morgan fingerprint density at radius 3 is 2.71 bits per heavy atom. The predicted octanol–water partition coefficient (Wildman–Crippen LogP) is 1.12. The second kappa shape index (κ2) is 5.83. The maximum Gasteiger partial charge on any atom is 0.224 e. The van der Waals surface area contributed by atoms with Gasteiger partial charge in [0.05, 0.1) is 6.10 Å². The molecule has 3 N–H and O–H groups in total. The third-order valence-electron chi connectivity index (χ3n) is 3.06. The van der Waals surface area contributed by atoms with E-state index in [9.17, 15) is 9.90 Å². The fraction of sp³-hybridized carbons (Fsp3) is 0.923. The van der Waals surface area contributed by atoms with Crippen molar-refractivity contribution in [2.75, 3.05) is 13.1 Å². The standard InChI is InChI=1S/C13H26N2O2/c1-13(2,3)8-10(14)7-12(17)15-6-4-5-11(16)9-15/h10-11,16H,4-9,14H2,1-3H3. The van der Waals surface area contributed by atoms with Crippen molar-refractivity contribution in [1.29, 1.82) is 0 Å². The minimum absolute atomic E-state index is 0.0819. The number of rotatable bonds is 3. The highest BCUT2D eigenvalue weighted by atomic mass is 16.3. The molecule has 1 amide bonds. The van der Waals surface area contributed by atoms with E-state index >= 15 is 0 Å². The fourth-order valence-electron chi connectivity index (χ4n) is 2.39. The van der Waals surface area contributed by atoms with Gasteiger partial charge in [0.25, 0.3) is 0 Å². The lowest BCUT2D eigenvalue weighted by molar-refractivity contribution is -0.134. The summed E-state index contributed by atoms with van der Waals surface area (Å²) in [5.74, 6) is 0.0838. The van der Waals surface area contributed by atoms with E-state index in [0.717, 1.165) is 25.8 Å². The molecule has 2 unspecified atom stereocenters. The molecule has 4 heteroatoms. The molecule has 0 aromatic heterocycles. The van der Waals surface area contributed by atoms with Gasteiger partial charge in [-0.1, -0.05) is 20.8 Å². The maximum atomic E-state index is 12.0. The number of nitrogens with two attached hydrogens (primary N) is 1. The van der Waals surface area contributed by atoms with Gasteiger partial charge in [0, 0.05) is 25.6 Å². The summed E-state index contributed by atoms with van der Waals surface area (Å²) < 4.78 is 0. The first-order valence-corrected chi connectivity index (χ1v) is 6.49. The number of carbonyl (C=O) groups excluding carboxylic acids is 1. The molecule has 1 saturated heterocycles. The van der Waals surface area contributed by atoms with Gasteiger partial charge < -0.3 is 15.7 Å². The predicted molar refractivity (Wildman–Crippen MR) is 68.5 cm³/mol. The Labute approximate surface area is 104 Å². The van der Waals surface area contributed by atoms with Gasteiger partial charge in [-0.25, -0.2) is 0 Å². The molecule has 1 aliphatic rings. The number of hydrogen-bond acceptors (Lipinski definition) is 3. The molecule has 0 spiro atoms. The van der Waals surface area contributed by atoms with E-state index in [-0.39, 0.29) is 23.5 Å². The Morgan fingerprint density at radius 2 is 2.18 bits per heavy atom. The Bertz CT molecular complexity index is 261. The normalized spacial score (nSPS) is 23.6. The number of carbonyl (C=O) groups is 1. The van der Waals surface area contributed by atoms with Gasteiger partial charge in [-0.3, -0.25) is 4.79 Å². The first-order valence-electron chi connectivity index (χ1n) is 6.49. The third kappa shape index (κ3) is 5.50. The molecular weight excluding hydrogens is 216 g/mol. The van der Waals surface area contributed by atoms with Crippen molar-refractivity contribution in [2.24, 2.45) is 11.1 Å². The molecule has 0 aromatic carbocycles. The fourth-order valence-corrected chi connectivity index (χ4v) is 2.39. The second-order valence-corrected chi connectivity index (χ2v) is 6.36. The monoisotopic (exact) mass is 242 g/mol. The summed E-state index contributed by atoms with van der Waals surface area (Å²) >= 11 is 0. The van der Waals surface area contributed by atoms with Gasteiger partial charge in [-0.05, 0) is 24.7 Å². The Hall–Kier alpha value is -0.610. The van der Waals surface area contributed by atoms with Crippen LogP contribution in [0.15, 0.2) is 0 Å². The Kier molecular flexibility index (Phi) is 4.95. The maximum absolute atomic E-state index is 12.0. The highest BCUT2D eigenvalue weighted by molar-refractivity contribution is 5.76. The van der Waals surface area contributed by atoms with Crippen LogP contribution in [0.4, 0.5) is 0 Å². The quantitative estimate of drug-likeness (QED) is 0.779. The van der Waals surface area contributed by atoms with Crippen molar-refractivity contribution >= 4 is 5.91 Å². The SMILES string of the molecule is CC(C)(C)CC(N)CC(=O)N1CCCC(O)C1. The van der Waals surface area contributed by atoms with Crippen molar-refractivity contribution in [2.45, 2.75) is 58.6 Å². The van der Waals surface area contributed by atoms with Gasteiger partial charge in [0.15, 0.2) is 0 Å². The first-order chi connectivity index (χ1) is 7.78. The lowest BCUT2D eigenvalue weighted by Gasteiger charge is -2.31. The summed E-state index contributed by atoms with van der Waals surface area (Å²) in [6.45, 7) is 7.62. The van der Waals surface area contributed by atoms with Crippen LogP contribution < -0.4 is 5.73 Å². The molecule has 4 nitrogen and oxygen atoms in total. The molecule has 1 rings (SSSR count). The molecule has 0 saturated carbocycles. The molecule has 2 atom stereocenters. The molecule has 0 aromatic rings. The summed E-state index contributed by atoms with van der Waals surface area (Å²) in [6, 6.07) is -0.0819. The number of β-amino-alcohol motifs (C(OH)–C–C–N with tert-alkyl or cyclic N) is 1. The topological polar surface area (TPSA) is 66.6 Å². The van der Waals surface area contributed by atoms with Crippen LogP contribution in [-0.4, -0.2) is 41.1 Å². The van der Waals surface area contributed by atoms with Gasteiger partial charge in [0.1, 0.15) is 0 Å². The molecule has 1 fully saturated rings. The summed E-state index contributed by atoms with van der Waals surface area (Å²) in [7, 11) is 0. The number of nitrogens with zero attached hydrogens (tertiary/aromatic N) is 1. The second-order valence-electron chi connectivity index (χ2n) is 6.36. The number of aliphatic hydroxyl groups is 1. The van der Waals surface area contributed by atoms with E-state index in [4.69, 9.17) is 5.73 Å². The van der Waals surface area contributed by atoms with Crippen LogP contribution in [0.5, 0.6) is 0 Å². The zero-order chi connectivity index (χ0) is 13.1. The molecule has 0 radical (unpaired) electrons. The van der Waals surface area contributed by atoms with Crippen LogP contribution in [-0.2, 0) is 4.79 Å². The summed E-state index contributed by atoms with van der Waals surface area (Å²) in [5.41, 5.74) is 6.15. The van der Waals surface area contributed by atoms with E-state index < -0.39 is 0 Å². The number of hydrogen-bond donors (Lipinski definition) is 2. The van der Waals surface area contributed by atoms with Gasteiger partial charge in [-0.2, -0.15) is 0 Å². The van der Waals surface area contributed by atoms with Crippen molar-refractivity contribution in [3.63, 3.8) is 0 Å². The average molecular weight is 242 g/mol. The zero-order valence-corrected chi connectivity index (χ0v) is 11.3. The van der Waals surface area contributed by atoms with Crippen LogP contribution in [0.3, 0.4) is 0 Å². The van der Waals surface area contributed by atoms with Crippen molar-refractivity contribution in [3.8, 4) is 0 Å². The summed E-state index contributed by atoms with van der Waals surface area (Å²) in [6.07, 6.45) is 2.57. The highest BCUT2D eigenvalue weighted by Gasteiger charge is 2.24. The largest absolute Gasteiger partial charge is 0.391 e. The smallest absolute Gasteiger partial charge is 0.224 e. The number of amides is 1.